The van der Waals surface area contributed by atoms with Gasteiger partial charge in [0.15, 0.2) is 0 Å². The summed E-state index contributed by atoms with van der Waals surface area (Å²) in [6, 6.07) is 21.6. The third-order valence-electron chi connectivity index (χ3n) is 6.92. The first-order valence-corrected chi connectivity index (χ1v) is 15.8. The molecule has 2 fully saturated rings. The lowest BCUT2D eigenvalue weighted by atomic mass is 10.1. The van der Waals surface area contributed by atoms with Gasteiger partial charge in [-0.15, -0.1) is 5.73 Å². The molecule has 2 aliphatic heterocycles. The van der Waals surface area contributed by atoms with E-state index in [9.17, 15) is 0 Å². The molecule has 3 nitrogen and oxygen atoms in total. The highest BCUT2D eigenvalue weighted by Gasteiger charge is 2.50. The number of fused-ring (bicyclic) bond motifs is 1. The van der Waals surface area contributed by atoms with Crippen LogP contribution in [-0.2, 0) is 13.9 Å². The maximum atomic E-state index is 7.05. The van der Waals surface area contributed by atoms with E-state index in [4.69, 9.17) is 13.9 Å². The van der Waals surface area contributed by atoms with Crippen LogP contribution in [0.1, 0.15) is 40.0 Å². The highest BCUT2D eigenvalue weighted by molar-refractivity contribution is 9.11. The average molecular weight is 606 g/mol. The smallest absolute Gasteiger partial charge is 0.261 e. The van der Waals surface area contributed by atoms with Crippen LogP contribution in [0.5, 0.6) is 0 Å². The van der Waals surface area contributed by atoms with Crippen molar-refractivity contribution in [3.63, 3.8) is 0 Å². The molecular weight excluding hydrogens is 572 g/mol. The van der Waals surface area contributed by atoms with Crippen LogP contribution in [0.3, 0.4) is 0 Å². The van der Waals surface area contributed by atoms with E-state index >= 15 is 0 Å². The topological polar surface area (TPSA) is 27.7 Å². The molecule has 182 valence electrons. The van der Waals surface area contributed by atoms with Gasteiger partial charge in [-0.3, -0.25) is 0 Å². The van der Waals surface area contributed by atoms with Crippen molar-refractivity contribution in [1.29, 1.82) is 0 Å². The summed E-state index contributed by atoms with van der Waals surface area (Å²) in [6.45, 7) is 7.64. The van der Waals surface area contributed by atoms with Crippen LogP contribution >= 0.6 is 31.9 Å². The van der Waals surface area contributed by atoms with Crippen LogP contribution < -0.4 is 10.4 Å². The predicted octanol–water partition coefficient (Wildman–Crippen LogP) is 6.10. The first kappa shape index (κ1) is 26.1. The molecule has 0 bridgehead atoms. The Morgan fingerprint density at radius 3 is 2.12 bits per heavy atom. The Kier molecular flexibility index (Phi) is 8.74. The molecule has 2 aromatic rings. The van der Waals surface area contributed by atoms with Gasteiger partial charge in [-0.2, -0.15) is 0 Å². The van der Waals surface area contributed by atoms with E-state index in [2.05, 4.69) is 119 Å². The van der Waals surface area contributed by atoms with Gasteiger partial charge in [-0.05, 0) is 27.9 Å². The molecule has 2 aromatic carbocycles. The average Bonchev–Trinajstić information content (AvgIpc) is 3.40. The third kappa shape index (κ3) is 5.54. The van der Waals surface area contributed by atoms with Crippen molar-refractivity contribution in [1.82, 2.24) is 0 Å². The number of rotatable bonds is 8. The molecular formula is C28H34Br2O3Si. The molecule has 5 atom stereocenters. The number of alkyl halides is 1. The summed E-state index contributed by atoms with van der Waals surface area (Å²) < 4.78 is 19.6. The lowest BCUT2D eigenvalue weighted by Gasteiger charge is -2.43. The van der Waals surface area contributed by atoms with Crippen LogP contribution in [0, 0.1) is 0 Å². The molecule has 2 aliphatic rings. The Balaban J connectivity index is 1.45. The predicted molar refractivity (Wildman–Crippen MR) is 149 cm³/mol. The van der Waals surface area contributed by atoms with Crippen molar-refractivity contribution in [2.75, 3.05) is 6.61 Å². The minimum absolute atomic E-state index is 0.0155. The van der Waals surface area contributed by atoms with Crippen molar-refractivity contribution in [2.24, 2.45) is 0 Å². The molecule has 6 heteroatoms. The molecule has 0 saturated carbocycles. The molecule has 34 heavy (non-hydrogen) atoms. The zero-order valence-corrected chi connectivity index (χ0v) is 24.3. The van der Waals surface area contributed by atoms with E-state index in [1.54, 1.807) is 4.99 Å². The van der Waals surface area contributed by atoms with E-state index in [1.807, 2.05) is 6.08 Å². The normalized spacial score (nSPS) is 25.4. The minimum atomic E-state index is -2.50. The van der Waals surface area contributed by atoms with Crippen molar-refractivity contribution in [2.45, 2.75) is 74.3 Å². The van der Waals surface area contributed by atoms with E-state index in [0.29, 0.717) is 6.61 Å². The zero-order valence-electron chi connectivity index (χ0n) is 20.1. The molecule has 0 spiro atoms. The first-order valence-electron chi connectivity index (χ1n) is 12.1. The van der Waals surface area contributed by atoms with Crippen LogP contribution in [0.2, 0.25) is 5.04 Å². The van der Waals surface area contributed by atoms with Crippen LogP contribution in [0.25, 0.3) is 0 Å². The van der Waals surface area contributed by atoms with Crippen molar-refractivity contribution < 1.29 is 13.9 Å². The summed E-state index contributed by atoms with van der Waals surface area (Å²) in [5, 5.41) is 2.62. The molecule has 2 heterocycles. The monoisotopic (exact) mass is 604 g/mol. The summed E-state index contributed by atoms with van der Waals surface area (Å²) >= 11 is 7.18. The second-order valence-corrected chi connectivity index (χ2v) is 16.1. The van der Waals surface area contributed by atoms with Crippen LogP contribution in [0.15, 0.2) is 77.5 Å². The Hall–Kier alpha value is -0.983. The van der Waals surface area contributed by atoms with Gasteiger partial charge >= 0.3 is 0 Å². The van der Waals surface area contributed by atoms with Gasteiger partial charge in [0.2, 0.25) is 0 Å². The van der Waals surface area contributed by atoms with E-state index < -0.39 is 8.32 Å². The van der Waals surface area contributed by atoms with Gasteiger partial charge < -0.3 is 13.9 Å². The lowest BCUT2D eigenvalue weighted by molar-refractivity contribution is 0.0355. The van der Waals surface area contributed by atoms with Crippen molar-refractivity contribution in [3.8, 4) is 0 Å². The lowest BCUT2D eigenvalue weighted by Crippen LogP contribution is -2.66. The molecule has 0 N–H and O–H groups in total. The SMILES string of the molecule is CC(C)(C)[Si](OCC[C@@H](Br)[C@H]1C[C@@H]2O[C@@H](C=C=CBr)C[C@@H]2O1)(c1ccccc1)c1ccccc1. The number of benzene rings is 2. The van der Waals surface area contributed by atoms with Crippen molar-refractivity contribution >= 4 is 50.6 Å². The van der Waals surface area contributed by atoms with E-state index in [1.165, 1.54) is 10.4 Å². The highest BCUT2D eigenvalue weighted by atomic mass is 79.9. The van der Waals surface area contributed by atoms with E-state index in [-0.39, 0.29) is 34.3 Å². The molecule has 0 aromatic heterocycles. The Labute approximate surface area is 222 Å². The number of halogens is 2. The second kappa shape index (κ2) is 11.4. The Morgan fingerprint density at radius 1 is 1.00 bits per heavy atom. The third-order valence-corrected chi connectivity index (χ3v) is 13.3. The fourth-order valence-corrected chi connectivity index (χ4v) is 10.6. The van der Waals surface area contributed by atoms with Gasteiger partial charge in [0.1, 0.15) is 0 Å². The number of hydrogen-bond donors (Lipinski definition) is 0. The van der Waals surface area contributed by atoms with E-state index in [0.717, 1.165) is 19.3 Å². The van der Waals surface area contributed by atoms with Gasteiger partial charge in [0, 0.05) is 29.3 Å². The zero-order chi connectivity index (χ0) is 24.2. The molecule has 4 rings (SSSR count). The maximum Gasteiger partial charge on any atom is 0.261 e. The summed E-state index contributed by atoms with van der Waals surface area (Å²) in [5.41, 5.74) is 3.06. The standard InChI is InChI=1S/C28H34Br2O3Si/c1-28(2,3)34(22-12-6-4-7-13-22,23-14-8-5-9-15-23)31-18-16-24(30)25-20-27-26(33-25)19-21(32-27)11-10-17-29/h4-9,11-15,17,21,24-27H,16,18-20H2,1-3H3/t10?,21-,24+,25+,26-,27-/m0/s1. The number of hydrogen-bond acceptors (Lipinski definition) is 3. The largest absolute Gasteiger partial charge is 0.407 e. The fourth-order valence-electron chi connectivity index (χ4n) is 5.36. The van der Waals surface area contributed by atoms with Gasteiger partial charge in [0.25, 0.3) is 8.32 Å². The number of ether oxygens (including phenoxy) is 2. The molecule has 2 saturated heterocycles. The second-order valence-electron chi connectivity index (χ2n) is 10.2. The van der Waals surface area contributed by atoms with Crippen LogP contribution in [0.4, 0.5) is 0 Å². The summed E-state index contributed by atoms with van der Waals surface area (Å²) in [5.74, 6) is 0. The highest BCUT2D eigenvalue weighted by Crippen LogP contribution is 2.39. The van der Waals surface area contributed by atoms with Gasteiger partial charge in [-0.25, -0.2) is 0 Å². The molecule has 0 amide bonds. The minimum Gasteiger partial charge on any atom is -0.407 e. The summed E-state index contributed by atoms with van der Waals surface area (Å²) in [7, 11) is -2.50. The quantitative estimate of drug-likeness (QED) is 0.207. The molecule has 0 radical (unpaired) electrons. The van der Waals surface area contributed by atoms with Crippen LogP contribution in [-0.4, -0.2) is 44.2 Å². The molecule has 0 aliphatic carbocycles. The maximum absolute atomic E-state index is 7.05. The van der Waals surface area contributed by atoms with Gasteiger partial charge in [0.05, 0.1) is 24.4 Å². The first-order chi connectivity index (χ1) is 16.3. The summed E-state index contributed by atoms with van der Waals surface area (Å²) in [6.07, 6.45) is 5.25. The Morgan fingerprint density at radius 2 is 1.59 bits per heavy atom. The van der Waals surface area contributed by atoms with Gasteiger partial charge in [-0.1, -0.05) is 113 Å². The molecule has 0 unspecified atom stereocenters. The van der Waals surface area contributed by atoms with Crippen molar-refractivity contribution in [3.05, 3.63) is 77.5 Å². The Bertz CT molecular complexity index is 932. The fraction of sp³-hybridized carbons (Fsp3) is 0.464. The summed E-state index contributed by atoms with van der Waals surface area (Å²) in [4.78, 5) is 1.96.